The topological polar surface area (TPSA) is 56.7 Å². The van der Waals surface area contributed by atoms with Crippen molar-refractivity contribution in [1.82, 2.24) is 14.8 Å². The van der Waals surface area contributed by atoms with Crippen LogP contribution in [0.2, 0.25) is 0 Å². The van der Waals surface area contributed by atoms with Gasteiger partial charge in [-0.25, -0.2) is 4.68 Å². The molecule has 0 saturated carbocycles. The van der Waals surface area contributed by atoms with Gasteiger partial charge in [0.1, 0.15) is 0 Å². The van der Waals surface area contributed by atoms with Gasteiger partial charge in [0, 0.05) is 35.1 Å². The lowest BCUT2D eigenvalue weighted by Crippen LogP contribution is -1.97. The van der Waals surface area contributed by atoms with Crippen LogP contribution >= 0.6 is 15.9 Å². The average Bonchev–Trinajstić information content (AvgIpc) is 2.77. The van der Waals surface area contributed by atoms with E-state index < -0.39 is 0 Å². The van der Waals surface area contributed by atoms with Crippen molar-refractivity contribution in [2.45, 2.75) is 0 Å². The Morgan fingerprint density at radius 3 is 2.76 bits per heavy atom. The van der Waals surface area contributed by atoms with E-state index in [-0.39, 0.29) is 0 Å². The Morgan fingerprint density at radius 1 is 1.12 bits per heavy atom. The van der Waals surface area contributed by atoms with Crippen LogP contribution in [0.4, 0.5) is 5.69 Å². The fourth-order valence-electron chi connectivity index (χ4n) is 1.83. The lowest BCUT2D eigenvalue weighted by molar-refractivity contribution is 0.887. The minimum absolute atomic E-state index is 0.748. The standard InChI is InChI=1S/C12H9BrN4/c13-8-5-16-17(7-8)12-2-1-11(14)9-3-4-15-6-10(9)12/h1-7H,14H2. The summed E-state index contributed by atoms with van der Waals surface area (Å²) in [7, 11) is 0. The number of nitrogen functional groups attached to an aromatic ring is 1. The maximum atomic E-state index is 5.94. The summed E-state index contributed by atoms with van der Waals surface area (Å²) >= 11 is 3.38. The molecule has 0 bridgehead atoms. The number of benzene rings is 1. The third kappa shape index (κ3) is 1.68. The Balaban J connectivity index is 2.34. The van der Waals surface area contributed by atoms with Crippen molar-refractivity contribution in [3.8, 4) is 5.69 Å². The SMILES string of the molecule is Nc1ccc(-n2cc(Br)cn2)c2cnccc12. The molecule has 0 aliphatic rings. The van der Waals surface area contributed by atoms with E-state index >= 15 is 0 Å². The van der Waals surface area contributed by atoms with Crippen LogP contribution in [0.3, 0.4) is 0 Å². The highest BCUT2D eigenvalue weighted by Gasteiger charge is 2.06. The number of halogens is 1. The second-order valence-corrected chi connectivity index (χ2v) is 4.61. The summed E-state index contributed by atoms with van der Waals surface area (Å²) in [6, 6.07) is 5.73. The van der Waals surface area contributed by atoms with Crippen molar-refractivity contribution < 1.29 is 0 Å². The lowest BCUT2D eigenvalue weighted by atomic mass is 10.1. The van der Waals surface area contributed by atoms with Crippen molar-refractivity contribution in [2.75, 3.05) is 5.73 Å². The van der Waals surface area contributed by atoms with Gasteiger partial charge < -0.3 is 5.73 Å². The van der Waals surface area contributed by atoms with E-state index in [4.69, 9.17) is 5.73 Å². The van der Waals surface area contributed by atoms with E-state index in [0.717, 1.165) is 26.6 Å². The number of nitrogens with zero attached hydrogens (tertiary/aromatic N) is 3. The highest BCUT2D eigenvalue weighted by molar-refractivity contribution is 9.10. The fourth-order valence-corrected chi connectivity index (χ4v) is 2.12. The maximum Gasteiger partial charge on any atom is 0.0741 e. The Bertz CT molecular complexity index is 690. The van der Waals surface area contributed by atoms with Crippen LogP contribution < -0.4 is 5.73 Å². The predicted molar refractivity (Wildman–Crippen MR) is 71.0 cm³/mol. The van der Waals surface area contributed by atoms with Gasteiger partial charge in [0.2, 0.25) is 0 Å². The first-order valence-electron chi connectivity index (χ1n) is 5.08. The Morgan fingerprint density at radius 2 is 2.00 bits per heavy atom. The molecule has 5 heteroatoms. The molecule has 0 fully saturated rings. The molecule has 2 N–H and O–H groups in total. The zero-order chi connectivity index (χ0) is 11.8. The van der Waals surface area contributed by atoms with Gasteiger partial charge in [0.05, 0.1) is 16.4 Å². The Kier molecular flexibility index (Phi) is 2.33. The van der Waals surface area contributed by atoms with E-state index in [0.29, 0.717) is 0 Å². The number of pyridine rings is 1. The van der Waals surface area contributed by atoms with E-state index in [1.807, 2.05) is 24.4 Å². The van der Waals surface area contributed by atoms with Gasteiger partial charge in [-0.05, 0) is 34.1 Å². The van der Waals surface area contributed by atoms with Crippen LogP contribution in [0.1, 0.15) is 0 Å². The van der Waals surface area contributed by atoms with Crippen LogP contribution in [0, 0.1) is 0 Å². The summed E-state index contributed by atoms with van der Waals surface area (Å²) in [5.41, 5.74) is 7.65. The van der Waals surface area contributed by atoms with E-state index in [2.05, 4.69) is 26.0 Å². The first-order valence-corrected chi connectivity index (χ1v) is 5.88. The van der Waals surface area contributed by atoms with E-state index in [9.17, 15) is 0 Å². The van der Waals surface area contributed by atoms with Crippen LogP contribution in [0.15, 0.2) is 47.5 Å². The van der Waals surface area contributed by atoms with E-state index in [1.54, 1.807) is 23.3 Å². The number of hydrogen-bond acceptors (Lipinski definition) is 3. The maximum absolute atomic E-state index is 5.94. The van der Waals surface area contributed by atoms with Crippen LogP contribution in [-0.2, 0) is 0 Å². The van der Waals surface area contributed by atoms with E-state index in [1.165, 1.54) is 0 Å². The number of anilines is 1. The van der Waals surface area contributed by atoms with Gasteiger partial charge >= 0.3 is 0 Å². The molecule has 0 saturated heterocycles. The monoisotopic (exact) mass is 288 g/mol. The number of aromatic nitrogens is 3. The second kappa shape index (κ2) is 3.85. The normalized spacial score (nSPS) is 10.9. The van der Waals surface area contributed by atoms with Gasteiger partial charge in [-0.1, -0.05) is 0 Å². The summed E-state index contributed by atoms with van der Waals surface area (Å²) in [5, 5.41) is 6.25. The molecule has 0 unspecified atom stereocenters. The fraction of sp³-hybridized carbons (Fsp3) is 0. The molecule has 0 atom stereocenters. The van der Waals surface area contributed by atoms with Crippen LogP contribution in [0.25, 0.3) is 16.5 Å². The first-order chi connectivity index (χ1) is 8.25. The van der Waals surface area contributed by atoms with Crippen LogP contribution in [-0.4, -0.2) is 14.8 Å². The summed E-state index contributed by atoms with van der Waals surface area (Å²) in [6.45, 7) is 0. The highest BCUT2D eigenvalue weighted by Crippen LogP contribution is 2.26. The minimum atomic E-state index is 0.748. The molecule has 0 spiro atoms. The molecule has 2 aromatic heterocycles. The summed E-state index contributed by atoms with van der Waals surface area (Å²) in [4.78, 5) is 4.14. The summed E-state index contributed by atoms with van der Waals surface area (Å²) in [6.07, 6.45) is 7.19. The van der Waals surface area contributed by atoms with Crippen molar-refractivity contribution in [3.05, 3.63) is 47.5 Å². The molecule has 1 aromatic carbocycles. The van der Waals surface area contributed by atoms with Crippen molar-refractivity contribution in [1.29, 1.82) is 0 Å². The number of rotatable bonds is 1. The first kappa shape index (κ1) is 10.3. The average molecular weight is 289 g/mol. The Labute approximate surface area is 106 Å². The summed E-state index contributed by atoms with van der Waals surface area (Å²) in [5.74, 6) is 0. The molecule has 84 valence electrons. The molecule has 3 aromatic rings. The minimum Gasteiger partial charge on any atom is -0.398 e. The molecular weight excluding hydrogens is 280 g/mol. The van der Waals surface area contributed by atoms with Gasteiger partial charge in [-0.15, -0.1) is 0 Å². The van der Waals surface area contributed by atoms with Crippen LogP contribution in [0.5, 0.6) is 0 Å². The quantitative estimate of drug-likeness (QED) is 0.701. The van der Waals surface area contributed by atoms with Crippen molar-refractivity contribution >= 4 is 32.4 Å². The Hall–Kier alpha value is -1.88. The highest BCUT2D eigenvalue weighted by atomic mass is 79.9. The zero-order valence-electron chi connectivity index (χ0n) is 8.84. The predicted octanol–water partition coefficient (Wildman–Crippen LogP) is 2.77. The molecule has 2 heterocycles. The van der Waals surface area contributed by atoms with Crippen molar-refractivity contribution in [2.24, 2.45) is 0 Å². The molecule has 0 radical (unpaired) electrons. The van der Waals surface area contributed by atoms with Crippen molar-refractivity contribution in [3.63, 3.8) is 0 Å². The lowest BCUT2D eigenvalue weighted by Gasteiger charge is -2.07. The third-order valence-corrected chi connectivity index (χ3v) is 3.04. The molecule has 0 aliphatic carbocycles. The molecule has 0 amide bonds. The molecule has 4 nitrogen and oxygen atoms in total. The zero-order valence-corrected chi connectivity index (χ0v) is 10.4. The molecule has 3 rings (SSSR count). The van der Waals surface area contributed by atoms with Gasteiger partial charge in [-0.3, -0.25) is 4.98 Å². The second-order valence-electron chi connectivity index (χ2n) is 3.70. The molecule has 17 heavy (non-hydrogen) atoms. The number of hydrogen-bond donors (Lipinski definition) is 1. The molecular formula is C12H9BrN4. The smallest absolute Gasteiger partial charge is 0.0741 e. The molecule has 0 aliphatic heterocycles. The number of nitrogens with two attached hydrogens (primary N) is 1. The summed E-state index contributed by atoms with van der Waals surface area (Å²) < 4.78 is 2.74. The third-order valence-electron chi connectivity index (χ3n) is 2.63. The van der Waals surface area contributed by atoms with Gasteiger partial charge in [-0.2, -0.15) is 5.10 Å². The largest absolute Gasteiger partial charge is 0.398 e. The van der Waals surface area contributed by atoms with Gasteiger partial charge in [0.15, 0.2) is 0 Å². The van der Waals surface area contributed by atoms with Gasteiger partial charge in [0.25, 0.3) is 0 Å². The number of fused-ring (bicyclic) bond motifs is 1.